The highest BCUT2D eigenvalue weighted by Gasteiger charge is 2.36. The molecular weight excluding hydrogens is 725 g/mol. The lowest BCUT2D eigenvalue weighted by Gasteiger charge is -2.36. The van der Waals surface area contributed by atoms with Gasteiger partial charge in [0.15, 0.2) is 5.82 Å². The van der Waals surface area contributed by atoms with Gasteiger partial charge in [-0.1, -0.05) is 54.6 Å². The van der Waals surface area contributed by atoms with Crippen LogP contribution in [0, 0.1) is 11.8 Å². The number of amides is 3. The van der Waals surface area contributed by atoms with Crippen LogP contribution in [0.15, 0.2) is 85.1 Å². The number of hydrogen-bond donors (Lipinski definition) is 3. The summed E-state index contributed by atoms with van der Waals surface area (Å²) >= 11 is 0. The molecule has 0 unspecified atom stereocenters. The average Bonchev–Trinajstić information content (AvgIpc) is 3.75. The first kappa shape index (κ1) is 40.3. The molecule has 1 fully saturated rings. The minimum Gasteiger partial charge on any atom is -0.472 e. The predicted octanol–water partition coefficient (Wildman–Crippen LogP) is 5.73. The van der Waals surface area contributed by atoms with Crippen molar-refractivity contribution >= 4 is 29.5 Å². The number of aromatic amines is 1. The van der Waals surface area contributed by atoms with Crippen molar-refractivity contribution < 1.29 is 23.9 Å². The molecule has 3 amide bonds. The number of benzene rings is 3. The fourth-order valence-electron chi connectivity index (χ4n) is 6.89. The third kappa shape index (κ3) is 10.7. The van der Waals surface area contributed by atoms with Gasteiger partial charge in [0.05, 0.1) is 5.56 Å². The SMILES string of the molecule is CN(C)c1ncc(-c2cccc(C[C@@H](C(N)=O)N(c3ccc(-c4nnn[nH]4)cc3)C(=O)[C@H]3CC[C@H](CNC(=O)OC(C)(C)C)CC3)c2)c(OCc2ccccc2)n1. The van der Waals surface area contributed by atoms with E-state index < -0.39 is 23.6 Å². The van der Waals surface area contributed by atoms with Gasteiger partial charge in [-0.05, 0) is 104 Å². The van der Waals surface area contributed by atoms with E-state index in [9.17, 15) is 14.4 Å². The number of nitrogens with one attached hydrogen (secondary N) is 2. The van der Waals surface area contributed by atoms with Crippen LogP contribution in [0.25, 0.3) is 22.5 Å². The summed E-state index contributed by atoms with van der Waals surface area (Å²) in [6.45, 7) is 6.23. The highest BCUT2D eigenvalue weighted by Crippen LogP contribution is 2.34. The lowest BCUT2D eigenvalue weighted by Crippen LogP contribution is -2.52. The number of aromatic nitrogens is 6. The van der Waals surface area contributed by atoms with Gasteiger partial charge in [0.25, 0.3) is 0 Å². The first-order valence-electron chi connectivity index (χ1n) is 19.1. The maximum atomic E-state index is 14.6. The molecule has 0 bridgehead atoms. The first-order valence-corrected chi connectivity index (χ1v) is 19.1. The number of H-pyrrole nitrogens is 1. The maximum Gasteiger partial charge on any atom is 0.407 e. The van der Waals surface area contributed by atoms with Crippen LogP contribution in [0.5, 0.6) is 5.88 Å². The number of anilines is 2. The third-order valence-electron chi connectivity index (χ3n) is 9.80. The van der Waals surface area contributed by atoms with Crippen molar-refractivity contribution in [1.82, 2.24) is 35.9 Å². The largest absolute Gasteiger partial charge is 0.472 e. The Kier molecular flexibility index (Phi) is 12.8. The monoisotopic (exact) mass is 774 g/mol. The van der Waals surface area contributed by atoms with Crippen LogP contribution in [0.3, 0.4) is 0 Å². The number of hydrogen-bond acceptors (Lipinski definition) is 11. The van der Waals surface area contributed by atoms with Gasteiger partial charge in [-0.3, -0.25) is 14.5 Å². The minimum absolute atomic E-state index is 0.148. The molecule has 298 valence electrons. The van der Waals surface area contributed by atoms with Crippen LogP contribution >= 0.6 is 0 Å². The molecule has 1 aliphatic rings. The van der Waals surface area contributed by atoms with Crippen molar-refractivity contribution in [2.75, 3.05) is 30.4 Å². The second kappa shape index (κ2) is 18.0. The van der Waals surface area contributed by atoms with Crippen molar-refractivity contribution in [2.45, 2.75) is 71.1 Å². The molecule has 1 aliphatic carbocycles. The molecule has 15 heteroatoms. The Morgan fingerprint density at radius 3 is 2.30 bits per heavy atom. The van der Waals surface area contributed by atoms with Crippen LogP contribution < -0.4 is 25.6 Å². The molecule has 0 spiro atoms. The normalized spacial score (nSPS) is 15.9. The molecule has 6 rings (SSSR count). The molecule has 0 aliphatic heterocycles. The number of primary amides is 1. The van der Waals surface area contributed by atoms with E-state index >= 15 is 0 Å². The topological polar surface area (TPSA) is 194 Å². The Bertz CT molecular complexity index is 2110. The molecule has 0 saturated heterocycles. The highest BCUT2D eigenvalue weighted by molar-refractivity contribution is 6.02. The quantitative estimate of drug-likeness (QED) is 0.125. The number of carbonyl (C=O) groups is 3. The average molecular weight is 775 g/mol. The van der Waals surface area contributed by atoms with Crippen molar-refractivity contribution in [3.05, 3.63) is 96.2 Å². The Morgan fingerprint density at radius 2 is 1.65 bits per heavy atom. The van der Waals surface area contributed by atoms with E-state index in [0.717, 1.165) is 29.5 Å². The van der Waals surface area contributed by atoms with Crippen LogP contribution in [0.4, 0.5) is 16.4 Å². The molecule has 2 heterocycles. The Hall–Kier alpha value is -6.38. The summed E-state index contributed by atoms with van der Waals surface area (Å²) in [6.07, 6.45) is 4.05. The summed E-state index contributed by atoms with van der Waals surface area (Å²) < 4.78 is 11.7. The summed E-state index contributed by atoms with van der Waals surface area (Å²) in [4.78, 5) is 53.0. The van der Waals surface area contributed by atoms with Gasteiger partial charge in [0.1, 0.15) is 18.2 Å². The smallest absolute Gasteiger partial charge is 0.407 e. The number of nitrogens with zero attached hydrogens (tertiary/aromatic N) is 7. The van der Waals surface area contributed by atoms with Gasteiger partial charge in [0.2, 0.25) is 23.6 Å². The number of alkyl carbamates (subject to hydrolysis) is 1. The van der Waals surface area contributed by atoms with Gasteiger partial charge >= 0.3 is 6.09 Å². The minimum atomic E-state index is -1.02. The van der Waals surface area contributed by atoms with E-state index in [1.165, 1.54) is 0 Å². The lowest BCUT2D eigenvalue weighted by molar-refractivity contribution is -0.127. The van der Waals surface area contributed by atoms with E-state index in [2.05, 4.69) is 30.9 Å². The van der Waals surface area contributed by atoms with E-state index in [0.29, 0.717) is 60.5 Å². The zero-order valence-electron chi connectivity index (χ0n) is 33.0. The maximum absolute atomic E-state index is 14.6. The van der Waals surface area contributed by atoms with Crippen LogP contribution in [0.2, 0.25) is 0 Å². The summed E-state index contributed by atoms with van der Waals surface area (Å²) in [7, 11) is 3.73. The van der Waals surface area contributed by atoms with Gasteiger partial charge in [-0.25, -0.2) is 14.9 Å². The molecule has 5 aromatic rings. The second-order valence-electron chi connectivity index (χ2n) is 15.5. The molecule has 0 radical (unpaired) electrons. The summed E-state index contributed by atoms with van der Waals surface area (Å²) in [5.41, 5.74) is 10.1. The molecule has 57 heavy (non-hydrogen) atoms. The molecule has 4 N–H and O–H groups in total. The highest BCUT2D eigenvalue weighted by atomic mass is 16.6. The fraction of sp³-hybridized carbons (Fsp3) is 0.381. The Balaban J connectivity index is 1.26. The third-order valence-corrected chi connectivity index (χ3v) is 9.80. The van der Waals surface area contributed by atoms with Gasteiger partial charge in [0, 0.05) is 50.4 Å². The molecule has 1 saturated carbocycles. The van der Waals surface area contributed by atoms with Crippen LogP contribution in [-0.2, 0) is 27.4 Å². The Morgan fingerprint density at radius 1 is 0.930 bits per heavy atom. The van der Waals surface area contributed by atoms with Gasteiger partial charge < -0.3 is 25.4 Å². The zero-order chi connectivity index (χ0) is 40.5. The standard InChI is InChI=1S/C42H50N10O5/c1-42(2,3)57-41(55)45-24-27-14-16-31(17-15-27)39(54)52(33-20-18-30(19-21-33)37-47-49-50-48-37)35(36(43)53)23-29-12-9-13-32(22-29)34-25-44-40(51(4)5)46-38(34)56-26-28-10-7-6-8-11-28/h6-13,18-22,25,27,31,35H,14-17,23-24,26H2,1-5H3,(H2,43,53)(H,45,55)(H,47,48,49,50)/t27-,31-,35-/m0/s1. The van der Waals surface area contributed by atoms with Crippen molar-refractivity contribution in [1.29, 1.82) is 0 Å². The number of carbonyl (C=O) groups excluding carboxylic acids is 3. The lowest BCUT2D eigenvalue weighted by atomic mass is 9.81. The van der Waals surface area contributed by atoms with Crippen molar-refractivity contribution in [3.8, 4) is 28.4 Å². The zero-order valence-corrected chi connectivity index (χ0v) is 33.0. The van der Waals surface area contributed by atoms with E-state index in [1.807, 2.05) is 89.5 Å². The Labute approximate surface area is 332 Å². The van der Waals surface area contributed by atoms with E-state index in [-0.39, 0.29) is 24.2 Å². The van der Waals surface area contributed by atoms with E-state index in [1.54, 1.807) is 40.3 Å². The molecule has 15 nitrogen and oxygen atoms in total. The second-order valence-corrected chi connectivity index (χ2v) is 15.5. The van der Waals surface area contributed by atoms with Crippen molar-refractivity contribution in [2.24, 2.45) is 17.6 Å². The number of rotatable bonds is 14. The summed E-state index contributed by atoms with van der Waals surface area (Å²) in [5, 5.41) is 16.9. The fourth-order valence-corrected chi connectivity index (χ4v) is 6.89. The number of nitrogens with two attached hydrogens (primary N) is 1. The molecule has 3 aromatic carbocycles. The molecular formula is C42H50N10O5. The van der Waals surface area contributed by atoms with Crippen LogP contribution in [0.1, 0.15) is 57.6 Å². The number of ether oxygens (including phenoxy) is 2. The molecule has 1 atom stereocenters. The first-order chi connectivity index (χ1) is 27.3. The van der Waals surface area contributed by atoms with E-state index in [4.69, 9.17) is 20.2 Å². The van der Waals surface area contributed by atoms with Crippen LogP contribution in [-0.4, -0.2) is 80.8 Å². The summed E-state index contributed by atoms with van der Waals surface area (Å²) in [6, 6.07) is 23.6. The summed E-state index contributed by atoms with van der Waals surface area (Å²) in [5.74, 6) is 0.389. The van der Waals surface area contributed by atoms with Gasteiger partial charge in [-0.15, -0.1) is 5.10 Å². The van der Waals surface area contributed by atoms with Crippen molar-refractivity contribution in [3.63, 3.8) is 0 Å². The number of tetrazole rings is 1. The van der Waals surface area contributed by atoms with Gasteiger partial charge in [-0.2, -0.15) is 4.98 Å². The predicted molar refractivity (Wildman–Crippen MR) is 216 cm³/mol. The molecule has 2 aromatic heterocycles.